The van der Waals surface area contributed by atoms with Gasteiger partial charge in [-0.3, -0.25) is 0 Å². The van der Waals surface area contributed by atoms with Crippen molar-refractivity contribution in [3.8, 4) is 0 Å². The topological polar surface area (TPSA) is 49.4 Å². The molecule has 21 heavy (non-hydrogen) atoms. The maximum Gasteiger partial charge on any atom is 0.211 e. The number of hydrogen-bond acceptors (Lipinski definition) is 3. The molecule has 0 aromatic heterocycles. The Morgan fingerprint density at radius 3 is 2.14 bits per heavy atom. The van der Waals surface area contributed by atoms with Crippen LogP contribution < -0.4 is 5.32 Å². The smallest absolute Gasteiger partial charge is 0.211 e. The highest BCUT2D eigenvalue weighted by Crippen LogP contribution is 2.18. The molecule has 1 heterocycles. The van der Waals surface area contributed by atoms with E-state index in [9.17, 15) is 8.42 Å². The molecule has 0 unspecified atom stereocenters. The summed E-state index contributed by atoms with van der Waals surface area (Å²) >= 11 is 0. The molecule has 1 saturated heterocycles. The molecule has 118 valence electrons. The van der Waals surface area contributed by atoms with Crippen LogP contribution in [0.3, 0.4) is 0 Å². The highest BCUT2D eigenvalue weighted by molar-refractivity contribution is 7.88. The van der Waals surface area contributed by atoms with Gasteiger partial charge in [0.25, 0.3) is 0 Å². The normalized spacial score (nSPS) is 18.1. The summed E-state index contributed by atoms with van der Waals surface area (Å²) in [6, 6.07) is 4.84. The number of aryl methyl sites for hydroxylation is 3. The Morgan fingerprint density at radius 1 is 1.14 bits per heavy atom. The van der Waals surface area contributed by atoms with Crippen LogP contribution in [0.4, 0.5) is 0 Å². The van der Waals surface area contributed by atoms with E-state index < -0.39 is 10.0 Å². The SMILES string of the molecule is Cc1cc(C)c(CNC2CCN(S(C)(=O)=O)CC2)c(C)c1. The molecule has 1 aliphatic heterocycles. The van der Waals surface area contributed by atoms with E-state index >= 15 is 0 Å². The number of rotatable bonds is 4. The third-order valence-electron chi connectivity index (χ3n) is 4.33. The molecule has 0 amide bonds. The molecule has 5 heteroatoms. The minimum Gasteiger partial charge on any atom is -0.310 e. The fraction of sp³-hybridized carbons (Fsp3) is 0.625. The van der Waals surface area contributed by atoms with E-state index in [1.165, 1.54) is 28.5 Å². The lowest BCUT2D eigenvalue weighted by atomic mass is 9.99. The van der Waals surface area contributed by atoms with E-state index in [1.54, 1.807) is 4.31 Å². The van der Waals surface area contributed by atoms with E-state index in [-0.39, 0.29) is 0 Å². The third kappa shape index (κ3) is 4.28. The third-order valence-corrected chi connectivity index (χ3v) is 5.63. The summed E-state index contributed by atoms with van der Waals surface area (Å²) in [6.45, 7) is 8.55. The average molecular weight is 310 g/mol. The first-order chi connectivity index (χ1) is 9.77. The van der Waals surface area contributed by atoms with Crippen LogP contribution in [0.25, 0.3) is 0 Å². The number of piperidine rings is 1. The van der Waals surface area contributed by atoms with Crippen molar-refractivity contribution in [1.82, 2.24) is 9.62 Å². The van der Waals surface area contributed by atoms with Crippen LogP contribution in [0, 0.1) is 20.8 Å². The van der Waals surface area contributed by atoms with Crippen LogP contribution in [0.15, 0.2) is 12.1 Å². The Bertz CT molecular complexity index is 580. The monoisotopic (exact) mass is 310 g/mol. The van der Waals surface area contributed by atoms with E-state index in [1.807, 2.05) is 0 Å². The average Bonchev–Trinajstić information content (AvgIpc) is 2.37. The summed E-state index contributed by atoms with van der Waals surface area (Å²) in [6.07, 6.45) is 3.06. The molecule has 4 nitrogen and oxygen atoms in total. The highest BCUT2D eigenvalue weighted by atomic mass is 32.2. The fourth-order valence-corrected chi connectivity index (χ4v) is 4.00. The fourth-order valence-electron chi connectivity index (χ4n) is 3.13. The van der Waals surface area contributed by atoms with Crippen molar-refractivity contribution in [1.29, 1.82) is 0 Å². The molecule has 0 aliphatic carbocycles. The first-order valence-corrected chi connectivity index (χ1v) is 9.37. The van der Waals surface area contributed by atoms with Crippen LogP contribution in [-0.2, 0) is 16.6 Å². The van der Waals surface area contributed by atoms with E-state index in [0.717, 1.165) is 19.4 Å². The molecule has 0 spiro atoms. The molecule has 1 aliphatic rings. The molecule has 2 rings (SSSR count). The van der Waals surface area contributed by atoms with Crippen LogP contribution in [0.5, 0.6) is 0 Å². The summed E-state index contributed by atoms with van der Waals surface area (Å²) in [4.78, 5) is 0. The van der Waals surface area contributed by atoms with Gasteiger partial charge in [0.2, 0.25) is 10.0 Å². The second kappa shape index (κ2) is 6.46. The quantitative estimate of drug-likeness (QED) is 0.927. The second-order valence-corrected chi connectivity index (χ2v) is 8.18. The second-order valence-electron chi connectivity index (χ2n) is 6.19. The Kier molecular flexibility index (Phi) is 5.07. The molecule has 0 atom stereocenters. The Labute approximate surface area is 128 Å². The summed E-state index contributed by atoms with van der Waals surface area (Å²) < 4.78 is 24.6. The maximum atomic E-state index is 11.5. The molecule has 0 saturated carbocycles. The number of nitrogens with zero attached hydrogens (tertiary/aromatic N) is 1. The number of sulfonamides is 1. The molecule has 1 N–H and O–H groups in total. The number of benzene rings is 1. The standard InChI is InChI=1S/C16H26N2O2S/c1-12-9-13(2)16(14(3)10-12)11-17-15-5-7-18(8-6-15)21(4,19)20/h9-10,15,17H,5-8,11H2,1-4H3. The van der Waals surface area contributed by atoms with Gasteiger partial charge in [-0.25, -0.2) is 12.7 Å². The zero-order chi connectivity index (χ0) is 15.6. The number of nitrogens with one attached hydrogen (secondary N) is 1. The van der Waals surface area contributed by atoms with Gasteiger partial charge in [0.05, 0.1) is 6.26 Å². The van der Waals surface area contributed by atoms with E-state index in [0.29, 0.717) is 19.1 Å². The van der Waals surface area contributed by atoms with Crippen molar-refractivity contribution in [2.45, 2.75) is 46.2 Å². The summed E-state index contributed by atoms with van der Waals surface area (Å²) in [5, 5.41) is 3.59. The minimum absolute atomic E-state index is 0.406. The van der Waals surface area contributed by atoms with Crippen LogP contribution in [-0.4, -0.2) is 38.1 Å². The van der Waals surface area contributed by atoms with E-state index in [2.05, 4.69) is 38.2 Å². The highest BCUT2D eigenvalue weighted by Gasteiger charge is 2.24. The molecule has 1 aromatic rings. The predicted molar refractivity (Wildman–Crippen MR) is 86.9 cm³/mol. The predicted octanol–water partition coefficient (Wildman–Crippen LogP) is 2.13. The Hall–Kier alpha value is -0.910. The Morgan fingerprint density at radius 2 is 1.67 bits per heavy atom. The first-order valence-electron chi connectivity index (χ1n) is 7.52. The van der Waals surface area contributed by atoms with Crippen molar-refractivity contribution >= 4 is 10.0 Å². The molecule has 0 bridgehead atoms. The number of hydrogen-bond donors (Lipinski definition) is 1. The summed E-state index contributed by atoms with van der Waals surface area (Å²) in [5.41, 5.74) is 5.32. The zero-order valence-electron chi connectivity index (χ0n) is 13.4. The largest absolute Gasteiger partial charge is 0.310 e. The van der Waals surface area contributed by atoms with Crippen LogP contribution in [0.2, 0.25) is 0 Å². The van der Waals surface area contributed by atoms with Gasteiger partial charge in [0.1, 0.15) is 0 Å². The van der Waals surface area contributed by atoms with Gasteiger partial charge in [0.15, 0.2) is 0 Å². The summed E-state index contributed by atoms with van der Waals surface area (Å²) in [5.74, 6) is 0. The van der Waals surface area contributed by atoms with Crippen molar-refractivity contribution in [2.24, 2.45) is 0 Å². The van der Waals surface area contributed by atoms with Crippen LogP contribution >= 0.6 is 0 Å². The van der Waals surface area contributed by atoms with Gasteiger partial charge < -0.3 is 5.32 Å². The molecule has 1 fully saturated rings. The van der Waals surface area contributed by atoms with Gasteiger partial charge in [-0.15, -0.1) is 0 Å². The zero-order valence-corrected chi connectivity index (χ0v) is 14.3. The van der Waals surface area contributed by atoms with Gasteiger partial charge in [-0.05, 0) is 50.3 Å². The van der Waals surface area contributed by atoms with Crippen molar-refractivity contribution < 1.29 is 8.42 Å². The molecule has 0 radical (unpaired) electrons. The van der Waals surface area contributed by atoms with Crippen LogP contribution in [0.1, 0.15) is 35.1 Å². The minimum atomic E-state index is -3.03. The van der Waals surface area contributed by atoms with E-state index in [4.69, 9.17) is 0 Å². The Balaban J connectivity index is 1.91. The molecule has 1 aromatic carbocycles. The van der Waals surface area contributed by atoms with Gasteiger partial charge >= 0.3 is 0 Å². The van der Waals surface area contributed by atoms with Crippen molar-refractivity contribution in [3.63, 3.8) is 0 Å². The van der Waals surface area contributed by atoms with Gasteiger partial charge in [-0.1, -0.05) is 17.7 Å². The lowest BCUT2D eigenvalue weighted by Gasteiger charge is -2.31. The molecular weight excluding hydrogens is 284 g/mol. The first kappa shape index (κ1) is 16.5. The van der Waals surface area contributed by atoms with Gasteiger partial charge in [0, 0.05) is 25.7 Å². The van der Waals surface area contributed by atoms with Gasteiger partial charge in [-0.2, -0.15) is 0 Å². The van der Waals surface area contributed by atoms with Crippen molar-refractivity contribution in [3.05, 3.63) is 34.4 Å². The van der Waals surface area contributed by atoms with Crippen molar-refractivity contribution in [2.75, 3.05) is 19.3 Å². The molecular formula is C16H26N2O2S. The lowest BCUT2D eigenvalue weighted by molar-refractivity contribution is 0.290. The maximum absolute atomic E-state index is 11.5. The lowest BCUT2D eigenvalue weighted by Crippen LogP contribution is -2.44. The summed E-state index contributed by atoms with van der Waals surface area (Å²) in [7, 11) is -3.03.